The molecule has 0 amide bonds. The van der Waals surface area contributed by atoms with E-state index in [1.807, 2.05) is 0 Å². The predicted molar refractivity (Wildman–Crippen MR) is 153 cm³/mol. The molecule has 5 N–H and O–H groups in total. The molecule has 6 rings (SSSR count). The number of nitrogens with two attached hydrogens (primary N) is 2. The first-order chi connectivity index (χ1) is 20.0. The zero-order chi connectivity index (χ0) is 29.6. The second kappa shape index (κ2) is 11.6. The van der Waals surface area contributed by atoms with E-state index in [1.165, 1.54) is 19.0 Å². The van der Waals surface area contributed by atoms with Crippen LogP contribution in [0.25, 0.3) is 22.3 Å². The second-order valence-corrected chi connectivity index (χ2v) is 15.1. The number of rotatable bonds is 10. The number of fused-ring (bicyclic) bond motifs is 2. The van der Waals surface area contributed by atoms with E-state index in [0.29, 0.717) is 35.2 Å². The van der Waals surface area contributed by atoms with Gasteiger partial charge in [0.2, 0.25) is 0 Å². The Hall–Kier alpha value is -2.38. The molecule has 0 aliphatic carbocycles. The average Bonchev–Trinajstić information content (AvgIpc) is 3.71. The Labute approximate surface area is 247 Å². The summed E-state index contributed by atoms with van der Waals surface area (Å²) in [5.74, 6) is 0.449. The molecule has 4 aromatic heterocycles. The van der Waals surface area contributed by atoms with Gasteiger partial charge in [-0.3, -0.25) is 22.7 Å². The van der Waals surface area contributed by atoms with Gasteiger partial charge >= 0.3 is 13.6 Å². The summed E-state index contributed by atoms with van der Waals surface area (Å²) in [5.41, 5.74) is 13.5. The summed E-state index contributed by atoms with van der Waals surface area (Å²) in [4.78, 5) is 34.3. The van der Waals surface area contributed by atoms with Gasteiger partial charge in [-0.05, 0) is 12.8 Å². The lowest BCUT2D eigenvalue weighted by Gasteiger charge is -2.23. The van der Waals surface area contributed by atoms with Gasteiger partial charge in [0.25, 0.3) is 0 Å². The number of imidazole rings is 2. The summed E-state index contributed by atoms with van der Waals surface area (Å²) < 4.78 is 56.7. The summed E-state index contributed by atoms with van der Waals surface area (Å²) in [6.07, 6.45) is 3.61. The molecule has 2 saturated heterocycles. The SMILES string of the molecule is Nc1ncnc2c1ncn2[C@H]1CCC(COP(=O)(S)O[C@H]2C[C@H](n3cnc4c(N)ncnc43)OC2COP(=O)(O)S)O1. The molecule has 7 atom stereocenters. The predicted octanol–water partition coefficient (Wildman–Crippen LogP) is 2.28. The molecule has 0 radical (unpaired) electrons. The Kier molecular flexibility index (Phi) is 8.20. The number of nitrogen functional groups attached to an aromatic ring is 2. The third kappa shape index (κ3) is 6.28. The maximum absolute atomic E-state index is 13.3. The summed E-state index contributed by atoms with van der Waals surface area (Å²) in [5, 5.41) is 0. The van der Waals surface area contributed by atoms with Crippen LogP contribution in [0.1, 0.15) is 31.7 Å². The molecule has 2 fully saturated rings. The van der Waals surface area contributed by atoms with Gasteiger partial charge in [0, 0.05) is 6.42 Å². The minimum atomic E-state index is -4.15. The van der Waals surface area contributed by atoms with Crippen molar-refractivity contribution in [1.29, 1.82) is 0 Å². The van der Waals surface area contributed by atoms with Crippen LogP contribution in [-0.4, -0.2) is 75.5 Å². The Bertz CT molecular complexity index is 1700. The van der Waals surface area contributed by atoms with Crippen LogP contribution < -0.4 is 11.5 Å². The van der Waals surface area contributed by atoms with Gasteiger partial charge in [0.15, 0.2) is 22.9 Å². The van der Waals surface area contributed by atoms with Crippen molar-refractivity contribution in [2.75, 3.05) is 24.7 Å². The van der Waals surface area contributed by atoms with Crippen molar-refractivity contribution in [3.05, 3.63) is 25.3 Å². The Morgan fingerprint density at radius 1 is 0.881 bits per heavy atom. The number of aromatic nitrogens is 8. The topological polar surface area (TPSA) is 240 Å². The standard InChI is InChI=1S/C20H26N10O8P2S2/c21-17-15-19(25-6-23-17)29(8-27-15)13-2-1-10(36-13)4-35-40(33,42)38-11-3-14(37-12(11)5-34-39(31,32)41)30-9-28-16-18(22)24-7-26-20(16)30/h6-14H,1-5H2,(H,33,42)(H2,21,23,25)(H2,22,24,26)(H2,31,32,41)/t10?,11-,12?,13+,14+,40?/m0/s1. The van der Waals surface area contributed by atoms with Gasteiger partial charge in [0.05, 0.1) is 32.0 Å². The van der Waals surface area contributed by atoms with Gasteiger partial charge in [-0.15, -0.1) is 0 Å². The molecule has 2 aliphatic rings. The molecular weight excluding hydrogens is 634 g/mol. The van der Waals surface area contributed by atoms with E-state index in [2.05, 4.69) is 54.4 Å². The van der Waals surface area contributed by atoms with E-state index < -0.39 is 44.7 Å². The van der Waals surface area contributed by atoms with Crippen molar-refractivity contribution in [1.82, 2.24) is 39.0 Å². The van der Waals surface area contributed by atoms with Gasteiger partial charge in [0.1, 0.15) is 48.4 Å². The first-order valence-electron chi connectivity index (χ1n) is 12.5. The normalized spacial score (nSPS) is 27.5. The summed E-state index contributed by atoms with van der Waals surface area (Å²) >= 11 is 7.70. The van der Waals surface area contributed by atoms with Crippen LogP contribution in [0, 0.1) is 0 Å². The first kappa shape index (κ1) is 29.7. The van der Waals surface area contributed by atoms with Gasteiger partial charge in [-0.1, -0.05) is 24.5 Å². The van der Waals surface area contributed by atoms with E-state index in [0.717, 1.165) is 0 Å². The molecule has 4 unspecified atom stereocenters. The number of ether oxygens (including phenoxy) is 2. The molecule has 0 saturated carbocycles. The number of nitrogens with zero attached hydrogens (tertiary/aromatic N) is 8. The van der Waals surface area contributed by atoms with Crippen molar-refractivity contribution in [3.63, 3.8) is 0 Å². The molecule has 0 aromatic carbocycles. The van der Waals surface area contributed by atoms with Gasteiger partial charge in [-0.25, -0.2) is 39.0 Å². The van der Waals surface area contributed by atoms with Crippen LogP contribution in [0.2, 0.25) is 0 Å². The summed E-state index contributed by atoms with van der Waals surface area (Å²) in [6, 6.07) is 0. The van der Waals surface area contributed by atoms with Crippen LogP contribution in [-0.2, 0) is 32.2 Å². The van der Waals surface area contributed by atoms with Crippen molar-refractivity contribution < 1.29 is 37.1 Å². The highest BCUT2D eigenvalue weighted by Gasteiger charge is 2.43. The van der Waals surface area contributed by atoms with E-state index in [4.69, 9.17) is 34.5 Å². The van der Waals surface area contributed by atoms with E-state index in [9.17, 15) is 14.0 Å². The molecular formula is C20H26N10O8P2S2. The van der Waals surface area contributed by atoms with Crippen molar-refractivity contribution in [2.24, 2.45) is 0 Å². The van der Waals surface area contributed by atoms with Gasteiger partial charge < -0.3 is 25.8 Å². The maximum Gasteiger partial charge on any atom is 0.386 e. The molecule has 4 aromatic rings. The van der Waals surface area contributed by atoms with E-state index >= 15 is 0 Å². The third-order valence-corrected chi connectivity index (χ3v) is 9.23. The van der Waals surface area contributed by atoms with Crippen LogP contribution in [0.4, 0.5) is 11.6 Å². The minimum Gasteiger partial charge on any atom is -0.382 e. The van der Waals surface area contributed by atoms with Gasteiger partial charge in [-0.2, -0.15) is 0 Å². The number of thiol groups is 2. The lowest BCUT2D eigenvalue weighted by Crippen LogP contribution is -2.28. The monoisotopic (exact) mass is 660 g/mol. The quantitative estimate of drug-likeness (QED) is 0.121. The average molecular weight is 661 g/mol. The smallest absolute Gasteiger partial charge is 0.382 e. The molecule has 0 bridgehead atoms. The Morgan fingerprint density at radius 3 is 2.12 bits per heavy atom. The first-order valence-corrected chi connectivity index (χ1v) is 17.9. The zero-order valence-corrected chi connectivity index (χ0v) is 25.1. The lowest BCUT2D eigenvalue weighted by atomic mass is 10.2. The van der Waals surface area contributed by atoms with E-state index in [-0.39, 0.29) is 30.9 Å². The maximum atomic E-state index is 13.3. The fraction of sp³-hybridized carbons (Fsp3) is 0.500. The highest BCUT2D eigenvalue weighted by Crippen LogP contribution is 2.57. The highest BCUT2D eigenvalue weighted by molar-refractivity contribution is 8.44. The number of hydrogen-bond donors (Lipinski definition) is 5. The Balaban J connectivity index is 1.11. The molecule has 0 spiro atoms. The van der Waals surface area contributed by atoms with Crippen molar-refractivity contribution in [2.45, 2.75) is 50.0 Å². The van der Waals surface area contributed by atoms with Crippen LogP contribution in [0.5, 0.6) is 0 Å². The van der Waals surface area contributed by atoms with Crippen molar-refractivity contribution in [3.8, 4) is 0 Å². The van der Waals surface area contributed by atoms with Crippen molar-refractivity contribution >= 4 is 72.1 Å². The molecule has 22 heteroatoms. The number of hydrogen-bond acceptors (Lipinski definition) is 15. The third-order valence-electron chi connectivity index (χ3n) is 6.76. The largest absolute Gasteiger partial charge is 0.386 e. The number of anilines is 2. The lowest BCUT2D eigenvalue weighted by molar-refractivity contribution is -0.0389. The fourth-order valence-electron chi connectivity index (χ4n) is 4.86. The second-order valence-electron chi connectivity index (χ2n) is 9.52. The molecule has 226 valence electrons. The summed E-state index contributed by atoms with van der Waals surface area (Å²) in [6.45, 7) is -8.60. The van der Waals surface area contributed by atoms with Crippen LogP contribution in [0.3, 0.4) is 0 Å². The molecule has 18 nitrogen and oxygen atoms in total. The minimum absolute atomic E-state index is 0.0793. The fourth-order valence-corrected chi connectivity index (χ4v) is 6.94. The molecule has 6 heterocycles. The highest BCUT2D eigenvalue weighted by atomic mass is 32.7. The summed E-state index contributed by atoms with van der Waals surface area (Å²) in [7, 11) is 0. The zero-order valence-electron chi connectivity index (χ0n) is 21.6. The molecule has 42 heavy (non-hydrogen) atoms. The molecule has 2 aliphatic heterocycles. The van der Waals surface area contributed by atoms with Crippen LogP contribution >= 0.6 is 38.1 Å². The van der Waals surface area contributed by atoms with E-state index in [1.54, 1.807) is 15.5 Å². The van der Waals surface area contributed by atoms with Crippen LogP contribution in [0.15, 0.2) is 25.3 Å². The Morgan fingerprint density at radius 2 is 1.50 bits per heavy atom.